The molecule has 1 aliphatic heterocycles. The average molecular weight is 408 g/mol. The smallest absolute Gasteiger partial charge is 0.354 e. The van der Waals surface area contributed by atoms with Crippen molar-refractivity contribution < 1.29 is 21.6 Å². The van der Waals surface area contributed by atoms with E-state index >= 15 is 0 Å². The van der Waals surface area contributed by atoms with E-state index in [1.54, 1.807) is 20.9 Å². The van der Waals surface area contributed by atoms with Crippen molar-refractivity contribution in [3.05, 3.63) is 18.0 Å². The molecule has 1 aromatic heterocycles. The van der Waals surface area contributed by atoms with E-state index in [1.165, 1.54) is 0 Å². The largest absolute Gasteiger partial charge is 0.433 e. The molecule has 0 unspecified atom stereocenters. The summed E-state index contributed by atoms with van der Waals surface area (Å²) < 4.78 is 61.2. The molecule has 1 saturated heterocycles. The zero-order valence-electron chi connectivity index (χ0n) is 15.3. The number of sulfone groups is 1. The van der Waals surface area contributed by atoms with E-state index in [0.717, 1.165) is 12.3 Å². The third-order valence-corrected chi connectivity index (χ3v) is 6.73. The summed E-state index contributed by atoms with van der Waals surface area (Å²) in [5.74, 6) is 0.452. The SMILES string of the molecule is CN=C(NCCNc1nccc(C(F)(F)F)n1)N1CCS(=O)(=O)C(C)(C)C1. The minimum absolute atomic E-state index is 0.0387. The highest BCUT2D eigenvalue weighted by Crippen LogP contribution is 2.27. The van der Waals surface area contributed by atoms with E-state index in [-0.39, 0.29) is 18.2 Å². The van der Waals surface area contributed by atoms with Crippen LogP contribution in [0.3, 0.4) is 0 Å². The number of nitrogens with one attached hydrogen (secondary N) is 2. The van der Waals surface area contributed by atoms with Crippen LogP contribution in [0, 0.1) is 0 Å². The van der Waals surface area contributed by atoms with Gasteiger partial charge in [-0.2, -0.15) is 13.2 Å². The van der Waals surface area contributed by atoms with Gasteiger partial charge >= 0.3 is 6.18 Å². The molecule has 2 N–H and O–H groups in total. The van der Waals surface area contributed by atoms with Crippen molar-refractivity contribution in [2.24, 2.45) is 4.99 Å². The molecule has 0 saturated carbocycles. The Morgan fingerprint density at radius 1 is 1.37 bits per heavy atom. The Labute approximate surface area is 156 Å². The predicted octanol–water partition coefficient (Wildman–Crippen LogP) is 0.992. The molecule has 0 aromatic carbocycles. The van der Waals surface area contributed by atoms with Crippen molar-refractivity contribution in [3.8, 4) is 0 Å². The van der Waals surface area contributed by atoms with Gasteiger partial charge in [-0.3, -0.25) is 4.99 Å². The van der Waals surface area contributed by atoms with Crippen LogP contribution in [0.2, 0.25) is 0 Å². The third-order valence-electron chi connectivity index (χ3n) is 4.19. The number of alkyl halides is 3. The lowest BCUT2D eigenvalue weighted by Gasteiger charge is -2.39. The fraction of sp³-hybridized carbons (Fsp3) is 0.667. The second-order valence-electron chi connectivity index (χ2n) is 6.66. The molecule has 1 aromatic rings. The molecular weight excluding hydrogens is 385 g/mol. The standard InChI is InChI=1S/C15H23F3N6O2S/c1-14(2)10-24(8-9-27(14,25)26)13(19-3)22-7-6-21-12-20-5-4-11(23-12)15(16,17)18/h4-5H,6-10H2,1-3H3,(H,19,22)(H,20,21,23). The number of hydrogen-bond acceptors (Lipinski definition) is 6. The van der Waals surface area contributed by atoms with Gasteiger partial charge in [0.2, 0.25) is 5.95 Å². The quantitative estimate of drug-likeness (QED) is 0.435. The first-order chi connectivity index (χ1) is 12.5. The van der Waals surface area contributed by atoms with Crippen molar-refractivity contribution in [2.75, 3.05) is 44.3 Å². The molecule has 2 rings (SSSR count). The van der Waals surface area contributed by atoms with Crippen LogP contribution in [0.25, 0.3) is 0 Å². The summed E-state index contributed by atoms with van der Waals surface area (Å²) in [5, 5.41) is 5.77. The number of nitrogens with zero attached hydrogens (tertiary/aromatic N) is 4. The predicted molar refractivity (Wildman–Crippen MR) is 96.3 cm³/mol. The average Bonchev–Trinajstić information content (AvgIpc) is 2.57. The van der Waals surface area contributed by atoms with Gasteiger partial charge in [0.1, 0.15) is 5.69 Å². The normalized spacial score (nSPS) is 19.6. The van der Waals surface area contributed by atoms with Gasteiger partial charge in [0.05, 0.1) is 10.5 Å². The van der Waals surface area contributed by atoms with Crippen LogP contribution in [0.1, 0.15) is 19.5 Å². The van der Waals surface area contributed by atoms with E-state index in [0.29, 0.717) is 25.6 Å². The summed E-state index contributed by atoms with van der Waals surface area (Å²) in [7, 11) is -1.57. The number of hydrogen-bond donors (Lipinski definition) is 2. The van der Waals surface area contributed by atoms with Crippen LogP contribution in [0.5, 0.6) is 0 Å². The van der Waals surface area contributed by atoms with Gasteiger partial charge in [-0.25, -0.2) is 18.4 Å². The molecular formula is C15H23F3N6O2S. The zero-order valence-corrected chi connectivity index (χ0v) is 16.2. The maximum atomic E-state index is 12.6. The zero-order chi connectivity index (χ0) is 20.3. The van der Waals surface area contributed by atoms with Crippen molar-refractivity contribution in [1.82, 2.24) is 20.2 Å². The van der Waals surface area contributed by atoms with Gasteiger partial charge in [0.15, 0.2) is 15.8 Å². The van der Waals surface area contributed by atoms with E-state index in [1.807, 2.05) is 4.90 Å². The number of aliphatic imine (C=N–C) groups is 1. The molecule has 0 radical (unpaired) electrons. The second kappa shape index (κ2) is 7.87. The van der Waals surface area contributed by atoms with Gasteiger partial charge in [-0.1, -0.05) is 0 Å². The van der Waals surface area contributed by atoms with Gasteiger partial charge < -0.3 is 15.5 Å². The summed E-state index contributed by atoms with van der Waals surface area (Å²) in [4.78, 5) is 13.2. The van der Waals surface area contributed by atoms with E-state index in [4.69, 9.17) is 0 Å². The second-order valence-corrected chi connectivity index (χ2v) is 9.41. The van der Waals surface area contributed by atoms with Crippen LogP contribution in [0.4, 0.5) is 19.1 Å². The van der Waals surface area contributed by atoms with Gasteiger partial charge in [0.25, 0.3) is 0 Å². The maximum Gasteiger partial charge on any atom is 0.433 e. The minimum Gasteiger partial charge on any atom is -0.354 e. The molecule has 0 spiro atoms. The highest BCUT2D eigenvalue weighted by Gasteiger charge is 2.40. The molecule has 0 aliphatic carbocycles. The monoisotopic (exact) mass is 408 g/mol. The Morgan fingerprint density at radius 2 is 2.07 bits per heavy atom. The molecule has 1 fully saturated rings. The van der Waals surface area contributed by atoms with Crippen molar-refractivity contribution in [3.63, 3.8) is 0 Å². The highest BCUT2D eigenvalue weighted by molar-refractivity contribution is 7.92. The molecule has 152 valence electrons. The molecule has 8 nitrogen and oxygen atoms in total. The Bertz CT molecular complexity index is 795. The lowest BCUT2D eigenvalue weighted by atomic mass is 10.2. The first-order valence-electron chi connectivity index (χ1n) is 8.28. The summed E-state index contributed by atoms with van der Waals surface area (Å²) in [6, 6.07) is 0.803. The van der Waals surface area contributed by atoms with Gasteiger partial charge in [0, 0.05) is 39.4 Å². The molecule has 27 heavy (non-hydrogen) atoms. The lowest BCUT2D eigenvalue weighted by Crippen LogP contribution is -2.57. The Balaban J connectivity index is 1.88. The summed E-state index contributed by atoms with van der Waals surface area (Å²) in [5.41, 5.74) is -1.01. The molecule has 1 aliphatic rings. The molecule has 0 bridgehead atoms. The summed E-state index contributed by atoms with van der Waals surface area (Å²) in [6.45, 7) is 4.59. The van der Waals surface area contributed by atoms with Gasteiger partial charge in [-0.05, 0) is 19.9 Å². The lowest BCUT2D eigenvalue weighted by molar-refractivity contribution is -0.141. The van der Waals surface area contributed by atoms with Crippen LogP contribution in [-0.2, 0) is 16.0 Å². The van der Waals surface area contributed by atoms with Crippen LogP contribution in [-0.4, -0.2) is 73.0 Å². The topological polar surface area (TPSA) is 99.6 Å². The number of aromatic nitrogens is 2. The maximum absolute atomic E-state index is 12.6. The fourth-order valence-electron chi connectivity index (χ4n) is 2.61. The number of guanidine groups is 1. The Hall–Kier alpha value is -2.11. The molecule has 0 amide bonds. The van der Waals surface area contributed by atoms with Crippen LogP contribution >= 0.6 is 0 Å². The Morgan fingerprint density at radius 3 is 2.67 bits per heavy atom. The van der Waals surface area contributed by atoms with E-state index < -0.39 is 26.5 Å². The molecule has 0 atom stereocenters. The van der Waals surface area contributed by atoms with Crippen molar-refractivity contribution in [2.45, 2.75) is 24.8 Å². The molecule has 12 heteroatoms. The summed E-state index contributed by atoms with van der Waals surface area (Å²) >= 11 is 0. The number of anilines is 1. The number of halogens is 3. The van der Waals surface area contributed by atoms with Crippen LogP contribution in [0.15, 0.2) is 17.3 Å². The summed E-state index contributed by atoms with van der Waals surface area (Å²) in [6.07, 6.45) is -3.48. The highest BCUT2D eigenvalue weighted by atomic mass is 32.2. The minimum atomic E-state index is -4.53. The van der Waals surface area contributed by atoms with E-state index in [9.17, 15) is 21.6 Å². The van der Waals surface area contributed by atoms with Crippen molar-refractivity contribution >= 4 is 21.7 Å². The first-order valence-corrected chi connectivity index (χ1v) is 9.93. The van der Waals surface area contributed by atoms with Crippen LogP contribution < -0.4 is 10.6 Å². The fourth-order valence-corrected chi connectivity index (χ4v) is 3.97. The first kappa shape index (κ1) is 21.2. The van der Waals surface area contributed by atoms with Crippen molar-refractivity contribution in [1.29, 1.82) is 0 Å². The third kappa shape index (κ3) is 5.21. The number of rotatable bonds is 4. The van der Waals surface area contributed by atoms with Gasteiger partial charge in [-0.15, -0.1) is 0 Å². The Kier molecular flexibility index (Phi) is 6.17. The van der Waals surface area contributed by atoms with E-state index in [2.05, 4.69) is 25.6 Å². The molecule has 2 heterocycles.